The molecule has 0 aliphatic rings. The molecule has 1 atom stereocenters. The van der Waals surface area contributed by atoms with Crippen LogP contribution >= 0.6 is 0 Å². The summed E-state index contributed by atoms with van der Waals surface area (Å²) in [7, 11) is 0. The zero-order valence-electron chi connectivity index (χ0n) is 21.0. The minimum atomic E-state index is -0.626. The van der Waals surface area contributed by atoms with E-state index in [4.69, 9.17) is 0 Å². The average molecular weight is 457 g/mol. The lowest BCUT2D eigenvalue weighted by molar-refractivity contribution is -0.141. The molecule has 4 nitrogen and oxygen atoms in total. The second kappa shape index (κ2) is 11.1. The van der Waals surface area contributed by atoms with Crippen LogP contribution in [0.4, 0.5) is 0 Å². The third-order valence-corrected chi connectivity index (χ3v) is 5.81. The minimum Gasteiger partial charge on any atom is -0.350 e. The molecular weight excluding hydrogens is 420 g/mol. The maximum absolute atomic E-state index is 13.8. The first-order chi connectivity index (χ1) is 16.1. The summed E-state index contributed by atoms with van der Waals surface area (Å²) in [6.07, 6.45) is 0.704. The van der Waals surface area contributed by atoms with E-state index in [1.165, 1.54) is 0 Å². The average Bonchev–Trinajstić information content (AvgIpc) is 2.77. The Morgan fingerprint density at radius 1 is 0.853 bits per heavy atom. The lowest BCUT2D eigenvalue weighted by Gasteiger charge is -2.34. The second-order valence-electron chi connectivity index (χ2n) is 10.1. The van der Waals surface area contributed by atoms with Gasteiger partial charge in [-0.3, -0.25) is 9.59 Å². The highest BCUT2D eigenvalue weighted by Crippen LogP contribution is 2.19. The van der Waals surface area contributed by atoms with Gasteiger partial charge in [0.1, 0.15) is 6.04 Å². The molecular formula is C30H36N2O2. The van der Waals surface area contributed by atoms with Gasteiger partial charge in [0.05, 0.1) is 6.42 Å². The van der Waals surface area contributed by atoms with Crippen LogP contribution in [-0.2, 0) is 29.0 Å². The van der Waals surface area contributed by atoms with E-state index in [2.05, 4.69) is 5.32 Å². The summed E-state index contributed by atoms with van der Waals surface area (Å²) in [6, 6.07) is 25.3. The summed E-state index contributed by atoms with van der Waals surface area (Å²) in [5, 5.41) is 3.12. The van der Waals surface area contributed by atoms with Crippen molar-refractivity contribution in [2.45, 2.75) is 65.6 Å². The quantitative estimate of drug-likeness (QED) is 0.493. The predicted octanol–water partition coefficient (Wildman–Crippen LogP) is 5.40. The molecule has 3 aromatic rings. The summed E-state index contributed by atoms with van der Waals surface area (Å²) < 4.78 is 0. The van der Waals surface area contributed by atoms with Gasteiger partial charge >= 0.3 is 0 Å². The van der Waals surface area contributed by atoms with Crippen LogP contribution in [0, 0.1) is 13.8 Å². The van der Waals surface area contributed by atoms with Gasteiger partial charge in [-0.1, -0.05) is 84.4 Å². The first-order valence-electron chi connectivity index (χ1n) is 11.9. The van der Waals surface area contributed by atoms with Crippen LogP contribution in [0.5, 0.6) is 0 Å². The molecule has 0 aliphatic heterocycles. The maximum Gasteiger partial charge on any atom is 0.243 e. The Bertz CT molecular complexity index is 1120. The van der Waals surface area contributed by atoms with Crippen LogP contribution < -0.4 is 5.32 Å². The predicted molar refractivity (Wildman–Crippen MR) is 138 cm³/mol. The molecule has 1 N–H and O–H groups in total. The van der Waals surface area contributed by atoms with Crippen LogP contribution in [-0.4, -0.2) is 28.3 Å². The molecule has 0 radical (unpaired) electrons. The van der Waals surface area contributed by atoms with Gasteiger partial charge in [0, 0.05) is 18.5 Å². The molecule has 34 heavy (non-hydrogen) atoms. The Morgan fingerprint density at radius 2 is 1.50 bits per heavy atom. The third kappa shape index (κ3) is 7.31. The Balaban J connectivity index is 2.00. The Kier molecular flexibility index (Phi) is 8.27. The molecule has 1 unspecified atom stereocenters. The second-order valence-corrected chi connectivity index (χ2v) is 10.1. The SMILES string of the molecule is Cc1cccc(CC(=O)N(Cc2ccccc2C)C(Cc2ccccc2)C(=O)NC(C)(C)C)c1. The molecule has 178 valence electrons. The number of carbonyl (C=O) groups is 2. The van der Waals surface area contributed by atoms with Crippen LogP contribution in [0.15, 0.2) is 78.9 Å². The fourth-order valence-electron chi connectivity index (χ4n) is 4.08. The van der Waals surface area contributed by atoms with Crippen molar-refractivity contribution in [3.8, 4) is 0 Å². The molecule has 0 aromatic heterocycles. The van der Waals surface area contributed by atoms with Crippen molar-refractivity contribution < 1.29 is 9.59 Å². The van der Waals surface area contributed by atoms with Crippen LogP contribution in [0.3, 0.4) is 0 Å². The van der Waals surface area contributed by atoms with Gasteiger partial charge in [0.2, 0.25) is 11.8 Å². The number of hydrogen-bond donors (Lipinski definition) is 1. The van der Waals surface area contributed by atoms with E-state index in [1.54, 1.807) is 4.90 Å². The smallest absolute Gasteiger partial charge is 0.243 e. The van der Waals surface area contributed by atoms with E-state index in [-0.39, 0.29) is 18.2 Å². The number of nitrogens with one attached hydrogen (secondary N) is 1. The number of hydrogen-bond acceptors (Lipinski definition) is 2. The summed E-state index contributed by atoms with van der Waals surface area (Å²) in [5.74, 6) is -0.193. The molecule has 0 fully saturated rings. The number of benzene rings is 3. The van der Waals surface area contributed by atoms with Crippen molar-refractivity contribution in [3.63, 3.8) is 0 Å². The minimum absolute atomic E-state index is 0.0566. The van der Waals surface area contributed by atoms with Crippen LogP contribution in [0.1, 0.15) is 48.6 Å². The lowest BCUT2D eigenvalue weighted by Crippen LogP contribution is -2.54. The van der Waals surface area contributed by atoms with Gasteiger partial charge in [0.15, 0.2) is 0 Å². The molecule has 3 aromatic carbocycles. The normalized spacial score (nSPS) is 12.1. The summed E-state index contributed by atoms with van der Waals surface area (Å²) in [6.45, 7) is 10.3. The topological polar surface area (TPSA) is 49.4 Å². The summed E-state index contributed by atoms with van der Waals surface area (Å²) in [4.78, 5) is 29.1. The van der Waals surface area contributed by atoms with Crippen molar-refractivity contribution in [3.05, 3.63) is 107 Å². The first kappa shape index (κ1) is 25.2. The number of amides is 2. The van der Waals surface area contributed by atoms with Gasteiger partial charge < -0.3 is 10.2 Å². The van der Waals surface area contributed by atoms with Gasteiger partial charge in [-0.2, -0.15) is 0 Å². The van der Waals surface area contributed by atoms with Gasteiger partial charge in [-0.25, -0.2) is 0 Å². The fraction of sp³-hybridized carbons (Fsp3) is 0.333. The molecule has 3 rings (SSSR count). The van der Waals surface area contributed by atoms with Gasteiger partial charge in [-0.05, 0) is 56.9 Å². The van der Waals surface area contributed by atoms with Crippen molar-refractivity contribution in [1.82, 2.24) is 10.2 Å². The number of rotatable bonds is 8. The van der Waals surface area contributed by atoms with E-state index in [9.17, 15) is 9.59 Å². The van der Waals surface area contributed by atoms with Crippen molar-refractivity contribution >= 4 is 11.8 Å². The zero-order chi connectivity index (χ0) is 24.7. The Hall–Kier alpha value is -3.40. The molecule has 0 saturated heterocycles. The van der Waals surface area contributed by atoms with E-state index in [0.29, 0.717) is 13.0 Å². The standard InChI is InChI=1S/C30H36N2O2/c1-22-12-11-16-25(18-22)20-28(33)32(21-26-17-10-9-13-23(26)2)27(29(34)31-30(3,4)5)19-24-14-7-6-8-15-24/h6-18,27H,19-21H2,1-5H3,(H,31,34). The first-order valence-corrected chi connectivity index (χ1v) is 11.9. The van der Waals surface area contributed by atoms with Crippen LogP contribution in [0.25, 0.3) is 0 Å². The molecule has 0 aliphatic carbocycles. The highest BCUT2D eigenvalue weighted by atomic mass is 16.2. The van der Waals surface area contributed by atoms with Crippen LogP contribution in [0.2, 0.25) is 0 Å². The Morgan fingerprint density at radius 3 is 2.15 bits per heavy atom. The summed E-state index contributed by atoms with van der Waals surface area (Å²) >= 11 is 0. The number of aryl methyl sites for hydroxylation is 2. The molecule has 2 amide bonds. The molecule has 4 heteroatoms. The Labute approximate surface area is 204 Å². The molecule has 0 saturated carbocycles. The van der Waals surface area contributed by atoms with Gasteiger partial charge in [0.25, 0.3) is 0 Å². The van der Waals surface area contributed by atoms with E-state index < -0.39 is 11.6 Å². The van der Waals surface area contributed by atoms with E-state index >= 15 is 0 Å². The highest BCUT2D eigenvalue weighted by molar-refractivity contribution is 5.89. The van der Waals surface area contributed by atoms with Gasteiger partial charge in [-0.15, -0.1) is 0 Å². The molecule has 0 heterocycles. The summed E-state index contributed by atoms with van der Waals surface area (Å²) in [5.41, 5.74) is 4.83. The van der Waals surface area contributed by atoms with E-state index in [1.807, 2.05) is 113 Å². The number of carbonyl (C=O) groups excluding carboxylic acids is 2. The molecule has 0 spiro atoms. The van der Waals surface area contributed by atoms with E-state index in [0.717, 1.165) is 27.8 Å². The van der Waals surface area contributed by atoms with Crippen molar-refractivity contribution in [1.29, 1.82) is 0 Å². The molecule has 0 bridgehead atoms. The zero-order valence-corrected chi connectivity index (χ0v) is 21.0. The fourth-order valence-corrected chi connectivity index (χ4v) is 4.08. The lowest BCUT2D eigenvalue weighted by atomic mass is 9.99. The van der Waals surface area contributed by atoms with Crippen molar-refractivity contribution in [2.24, 2.45) is 0 Å². The number of nitrogens with zero attached hydrogens (tertiary/aromatic N) is 1. The maximum atomic E-state index is 13.8. The highest BCUT2D eigenvalue weighted by Gasteiger charge is 2.32. The van der Waals surface area contributed by atoms with Crippen molar-refractivity contribution in [2.75, 3.05) is 0 Å². The monoisotopic (exact) mass is 456 g/mol. The largest absolute Gasteiger partial charge is 0.350 e. The third-order valence-electron chi connectivity index (χ3n) is 5.81.